The number of aromatic nitrogens is 1. The second-order valence-corrected chi connectivity index (χ2v) is 7.95. The molecule has 1 atom stereocenters. The summed E-state index contributed by atoms with van der Waals surface area (Å²) in [6.45, 7) is 6.08. The van der Waals surface area contributed by atoms with E-state index >= 15 is 0 Å². The maximum absolute atomic E-state index is 14.2. The summed E-state index contributed by atoms with van der Waals surface area (Å²) >= 11 is 1.34. The summed E-state index contributed by atoms with van der Waals surface area (Å²) in [5, 5.41) is 0.815. The van der Waals surface area contributed by atoms with Crippen LogP contribution in [0.15, 0.2) is 12.1 Å². The predicted octanol–water partition coefficient (Wildman–Crippen LogP) is 3.55. The molecule has 29 heavy (non-hydrogen) atoms. The highest BCUT2D eigenvalue weighted by Gasteiger charge is 2.28. The van der Waals surface area contributed by atoms with Crippen molar-refractivity contribution in [1.29, 1.82) is 0 Å². The van der Waals surface area contributed by atoms with Crippen LogP contribution in [0.2, 0.25) is 0 Å². The number of carbonyl (C=O) groups excluding carboxylic acids is 2. The molecule has 6 nitrogen and oxygen atoms in total. The van der Waals surface area contributed by atoms with Gasteiger partial charge in [-0.2, -0.15) is 0 Å². The number of hydrogen-bond acceptors (Lipinski definition) is 6. The summed E-state index contributed by atoms with van der Waals surface area (Å²) in [4.78, 5) is 30.9. The van der Waals surface area contributed by atoms with Crippen LogP contribution in [0.25, 0.3) is 0 Å². The Bertz CT molecular complexity index is 908. The summed E-state index contributed by atoms with van der Waals surface area (Å²) in [5.74, 6) is -2.94. The minimum Gasteiger partial charge on any atom is -0.485 e. The van der Waals surface area contributed by atoms with Crippen LogP contribution in [0.4, 0.5) is 8.78 Å². The Balaban J connectivity index is 1.65. The number of morpholine rings is 1. The minimum absolute atomic E-state index is 0.0317. The van der Waals surface area contributed by atoms with Crippen LogP contribution < -0.4 is 4.74 Å². The average Bonchev–Trinajstić information content (AvgIpc) is 3.04. The number of nitrogens with zero attached hydrogens (tertiary/aromatic N) is 2. The molecule has 9 heteroatoms. The number of halogens is 2. The number of thiazole rings is 1. The van der Waals surface area contributed by atoms with Gasteiger partial charge in [-0.1, -0.05) is 6.92 Å². The van der Waals surface area contributed by atoms with Gasteiger partial charge >= 0.3 is 0 Å². The van der Waals surface area contributed by atoms with E-state index in [1.165, 1.54) is 11.3 Å². The number of ketones is 1. The van der Waals surface area contributed by atoms with Gasteiger partial charge in [-0.25, -0.2) is 13.8 Å². The molecule has 0 radical (unpaired) electrons. The summed E-state index contributed by atoms with van der Waals surface area (Å²) in [6.07, 6.45) is -0.379. The third-order valence-corrected chi connectivity index (χ3v) is 5.64. The zero-order valence-corrected chi connectivity index (χ0v) is 17.3. The summed E-state index contributed by atoms with van der Waals surface area (Å²) in [5.41, 5.74) is 0.651. The molecule has 0 saturated carbocycles. The van der Waals surface area contributed by atoms with E-state index in [4.69, 9.17) is 9.47 Å². The fourth-order valence-corrected chi connectivity index (χ4v) is 4.00. The number of rotatable bonds is 6. The molecule has 0 aliphatic carbocycles. The Morgan fingerprint density at radius 2 is 2.00 bits per heavy atom. The SMILES string of the molecule is CCC(=O)c1cc(F)c(OCC2CN(C(=O)c3sc(C)nc3C)CCO2)c(F)c1. The van der Waals surface area contributed by atoms with E-state index in [-0.39, 0.29) is 36.8 Å². The van der Waals surface area contributed by atoms with Crippen molar-refractivity contribution >= 4 is 23.0 Å². The highest BCUT2D eigenvalue weighted by atomic mass is 32.1. The van der Waals surface area contributed by atoms with E-state index in [1.807, 2.05) is 6.92 Å². The molecule has 3 rings (SSSR count). The molecule has 2 heterocycles. The van der Waals surface area contributed by atoms with Gasteiger partial charge in [0.25, 0.3) is 5.91 Å². The second-order valence-electron chi connectivity index (χ2n) is 6.75. The highest BCUT2D eigenvalue weighted by molar-refractivity contribution is 7.13. The van der Waals surface area contributed by atoms with Crippen LogP contribution in [0.1, 0.15) is 44.1 Å². The second kappa shape index (κ2) is 8.96. The average molecular weight is 424 g/mol. The monoisotopic (exact) mass is 424 g/mol. The molecule has 0 N–H and O–H groups in total. The zero-order chi connectivity index (χ0) is 21.1. The lowest BCUT2D eigenvalue weighted by atomic mass is 10.1. The molecular weight excluding hydrogens is 402 g/mol. The van der Waals surface area contributed by atoms with E-state index in [2.05, 4.69) is 4.98 Å². The third kappa shape index (κ3) is 4.79. The molecule has 0 spiro atoms. The fraction of sp³-hybridized carbons (Fsp3) is 0.450. The van der Waals surface area contributed by atoms with Crippen molar-refractivity contribution in [1.82, 2.24) is 9.88 Å². The maximum atomic E-state index is 14.2. The first-order valence-corrected chi connectivity index (χ1v) is 10.1. The van der Waals surface area contributed by atoms with Crippen molar-refractivity contribution in [2.45, 2.75) is 33.3 Å². The van der Waals surface area contributed by atoms with Crippen LogP contribution in [-0.2, 0) is 4.74 Å². The van der Waals surface area contributed by atoms with Gasteiger partial charge in [0.1, 0.15) is 17.6 Å². The topological polar surface area (TPSA) is 68.7 Å². The van der Waals surface area contributed by atoms with Crippen LogP contribution >= 0.6 is 11.3 Å². The Labute approximate surface area is 171 Å². The number of Topliss-reactive ketones (excluding diaryl/α,β-unsaturated/α-hetero) is 1. The van der Waals surface area contributed by atoms with Crippen molar-refractivity contribution in [2.75, 3.05) is 26.3 Å². The normalized spacial score (nSPS) is 16.7. The molecule has 1 aromatic heterocycles. The number of benzene rings is 1. The Hall–Kier alpha value is -2.39. The van der Waals surface area contributed by atoms with Gasteiger partial charge < -0.3 is 14.4 Å². The summed E-state index contributed by atoms with van der Waals surface area (Å²) in [7, 11) is 0. The number of aryl methyl sites for hydroxylation is 2. The third-order valence-electron chi connectivity index (χ3n) is 4.58. The Morgan fingerprint density at radius 3 is 2.59 bits per heavy atom. The summed E-state index contributed by atoms with van der Waals surface area (Å²) in [6, 6.07) is 1.94. The van der Waals surface area contributed by atoms with E-state index < -0.39 is 23.5 Å². The Morgan fingerprint density at radius 1 is 1.31 bits per heavy atom. The number of ether oxygens (including phenoxy) is 2. The van der Waals surface area contributed by atoms with Crippen molar-refractivity contribution in [2.24, 2.45) is 0 Å². The molecule has 156 valence electrons. The zero-order valence-electron chi connectivity index (χ0n) is 16.5. The lowest BCUT2D eigenvalue weighted by Gasteiger charge is -2.32. The molecule has 1 fully saturated rings. The summed E-state index contributed by atoms with van der Waals surface area (Å²) < 4.78 is 39.3. The van der Waals surface area contributed by atoms with E-state index in [0.29, 0.717) is 23.7 Å². The lowest BCUT2D eigenvalue weighted by Crippen LogP contribution is -2.47. The first kappa shape index (κ1) is 21.3. The molecule has 1 saturated heterocycles. The predicted molar refractivity (Wildman–Crippen MR) is 104 cm³/mol. The van der Waals surface area contributed by atoms with Crippen LogP contribution in [-0.4, -0.2) is 54.0 Å². The van der Waals surface area contributed by atoms with E-state index in [1.54, 1.807) is 18.7 Å². The van der Waals surface area contributed by atoms with Crippen molar-refractivity contribution in [3.05, 3.63) is 44.9 Å². The molecular formula is C20H22F2N2O4S. The maximum Gasteiger partial charge on any atom is 0.266 e. The van der Waals surface area contributed by atoms with Gasteiger partial charge in [-0.05, 0) is 26.0 Å². The standard InChI is InChI=1S/C20H22F2N2O4S/c1-4-17(25)13-7-15(21)18(16(22)8-13)28-10-14-9-24(5-6-27-14)20(26)19-11(2)23-12(3)29-19/h7-8,14H,4-6,9-10H2,1-3H3. The smallest absolute Gasteiger partial charge is 0.266 e. The number of amides is 1. The van der Waals surface area contributed by atoms with Crippen molar-refractivity contribution in [3.8, 4) is 5.75 Å². The molecule has 1 aliphatic rings. The quantitative estimate of drug-likeness (QED) is 0.664. The first-order valence-electron chi connectivity index (χ1n) is 9.30. The number of carbonyl (C=O) groups is 2. The molecule has 1 aromatic carbocycles. The Kier molecular flexibility index (Phi) is 6.59. The van der Waals surface area contributed by atoms with Crippen molar-refractivity contribution in [3.63, 3.8) is 0 Å². The molecule has 1 amide bonds. The van der Waals surface area contributed by atoms with Crippen molar-refractivity contribution < 1.29 is 27.8 Å². The molecule has 1 unspecified atom stereocenters. The lowest BCUT2D eigenvalue weighted by molar-refractivity contribution is -0.0409. The molecule has 0 bridgehead atoms. The minimum atomic E-state index is -0.943. The van der Waals surface area contributed by atoms with Gasteiger partial charge in [0.15, 0.2) is 23.2 Å². The van der Waals surface area contributed by atoms with E-state index in [0.717, 1.165) is 17.1 Å². The molecule has 2 aromatic rings. The van der Waals surface area contributed by atoms with Crippen LogP contribution in [0, 0.1) is 25.5 Å². The van der Waals surface area contributed by atoms with Crippen LogP contribution in [0.5, 0.6) is 5.75 Å². The first-order chi connectivity index (χ1) is 13.8. The van der Waals surface area contributed by atoms with Gasteiger partial charge in [0.2, 0.25) is 0 Å². The van der Waals surface area contributed by atoms with Gasteiger partial charge in [-0.3, -0.25) is 9.59 Å². The molecule has 1 aliphatic heterocycles. The van der Waals surface area contributed by atoms with Gasteiger partial charge in [-0.15, -0.1) is 11.3 Å². The fourth-order valence-electron chi connectivity index (χ4n) is 3.12. The van der Waals surface area contributed by atoms with Crippen LogP contribution in [0.3, 0.4) is 0 Å². The van der Waals surface area contributed by atoms with Gasteiger partial charge in [0.05, 0.1) is 23.9 Å². The highest BCUT2D eigenvalue weighted by Crippen LogP contribution is 2.25. The number of hydrogen-bond donors (Lipinski definition) is 0. The van der Waals surface area contributed by atoms with E-state index in [9.17, 15) is 18.4 Å². The van der Waals surface area contributed by atoms with Gasteiger partial charge in [0, 0.05) is 18.5 Å². The largest absolute Gasteiger partial charge is 0.485 e.